The zero-order valence-electron chi connectivity index (χ0n) is 16.3. The van der Waals surface area contributed by atoms with Gasteiger partial charge < -0.3 is 9.47 Å². The van der Waals surface area contributed by atoms with E-state index in [1.54, 1.807) is 13.1 Å². The molecule has 1 aliphatic heterocycles. The average Bonchev–Trinajstić information content (AvgIpc) is 3.24. The van der Waals surface area contributed by atoms with E-state index in [-0.39, 0.29) is 11.0 Å². The van der Waals surface area contributed by atoms with Crippen molar-refractivity contribution in [2.75, 3.05) is 19.6 Å². The number of hydrogen-bond donors (Lipinski definition) is 1. The van der Waals surface area contributed by atoms with Crippen LogP contribution in [0.3, 0.4) is 0 Å². The third kappa shape index (κ3) is 3.90. The Morgan fingerprint density at radius 3 is 2.72 bits per heavy atom. The molecule has 0 bridgehead atoms. The summed E-state index contributed by atoms with van der Waals surface area (Å²) in [5.41, 5.74) is -0.153. The van der Waals surface area contributed by atoms with Crippen molar-refractivity contribution < 1.29 is 13.2 Å². The molecule has 1 saturated carbocycles. The molecule has 0 amide bonds. The highest BCUT2D eigenvalue weighted by Gasteiger charge is 2.60. The summed E-state index contributed by atoms with van der Waals surface area (Å²) in [4.78, 5) is 27.8. The molecule has 29 heavy (non-hydrogen) atoms. The number of nitrogens with one attached hydrogen (secondary N) is 1. The lowest BCUT2D eigenvalue weighted by Crippen LogP contribution is -2.31. The topological polar surface area (TPSA) is 58.1 Å². The van der Waals surface area contributed by atoms with Crippen LogP contribution < -0.4 is 11.2 Å². The molecule has 1 saturated heterocycles. The van der Waals surface area contributed by atoms with E-state index in [2.05, 4.69) is 9.88 Å². The van der Waals surface area contributed by atoms with Crippen LogP contribution in [0.1, 0.15) is 36.0 Å². The smallest absolute Gasteiger partial charge is 0.302 e. The molecule has 5 nitrogen and oxygen atoms in total. The molecule has 8 heteroatoms. The van der Waals surface area contributed by atoms with Gasteiger partial charge in [-0.15, -0.1) is 0 Å². The zero-order valence-corrected chi connectivity index (χ0v) is 16.3. The zero-order chi connectivity index (χ0) is 20.8. The van der Waals surface area contributed by atoms with Crippen LogP contribution in [0.15, 0.2) is 40.1 Å². The van der Waals surface area contributed by atoms with Crippen LogP contribution in [0.25, 0.3) is 0 Å². The number of hydrogen-bond acceptors (Lipinski definition) is 3. The number of nitrogens with zero attached hydrogens (tertiary/aromatic N) is 2. The Morgan fingerprint density at radius 2 is 1.97 bits per heavy atom. The summed E-state index contributed by atoms with van der Waals surface area (Å²) >= 11 is 0. The number of aromatic nitrogens is 2. The molecule has 1 N–H and O–H groups in total. The van der Waals surface area contributed by atoms with Crippen molar-refractivity contribution in [1.82, 2.24) is 14.5 Å². The molecule has 0 radical (unpaired) electrons. The molecule has 4 rings (SSSR count). The van der Waals surface area contributed by atoms with Crippen LogP contribution in [0.4, 0.5) is 13.2 Å². The highest BCUT2D eigenvalue weighted by Crippen LogP contribution is 2.59. The predicted molar refractivity (Wildman–Crippen MR) is 103 cm³/mol. The van der Waals surface area contributed by atoms with Crippen molar-refractivity contribution in [3.8, 4) is 0 Å². The lowest BCUT2D eigenvalue weighted by molar-refractivity contribution is -0.137. The minimum absolute atomic E-state index is 0.131. The summed E-state index contributed by atoms with van der Waals surface area (Å²) in [7, 11) is 0. The number of aromatic amines is 1. The van der Waals surface area contributed by atoms with Crippen LogP contribution in [-0.2, 0) is 18.1 Å². The fourth-order valence-corrected chi connectivity index (χ4v) is 4.61. The fourth-order valence-electron chi connectivity index (χ4n) is 4.61. The summed E-state index contributed by atoms with van der Waals surface area (Å²) in [5, 5.41) is 0. The largest absolute Gasteiger partial charge is 0.416 e. The Morgan fingerprint density at radius 1 is 1.21 bits per heavy atom. The molecular weight excluding hydrogens is 383 g/mol. The lowest BCUT2D eigenvalue weighted by Gasteiger charge is -2.21. The number of rotatable bonds is 6. The Bertz CT molecular complexity index is 1030. The first-order chi connectivity index (χ1) is 13.7. The van der Waals surface area contributed by atoms with Gasteiger partial charge in [-0.05, 0) is 50.3 Å². The molecule has 1 unspecified atom stereocenters. The second-order valence-corrected chi connectivity index (χ2v) is 8.34. The maximum Gasteiger partial charge on any atom is 0.416 e. The first-order valence-corrected chi connectivity index (χ1v) is 9.89. The highest BCUT2D eigenvalue weighted by molar-refractivity contribution is 5.40. The Hall–Kier alpha value is -2.35. The van der Waals surface area contributed by atoms with Crippen molar-refractivity contribution in [1.29, 1.82) is 0 Å². The van der Waals surface area contributed by atoms with Gasteiger partial charge in [-0.1, -0.05) is 18.2 Å². The van der Waals surface area contributed by atoms with Gasteiger partial charge in [-0.2, -0.15) is 13.2 Å². The van der Waals surface area contributed by atoms with Gasteiger partial charge in [0.1, 0.15) is 0 Å². The highest BCUT2D eigenvalue weighted by atomic mass is 19.4. The summed E-state index contributed by atoms with van der Waals surface area (Å²) < 4.78 is 40.6. The van der Waals surface area contributed by atoms with E-state index in [4.69, 9.17) is 0 Å². The van der Waals surface area contributed by atoms with Gasteiger partial charge in [0, 0.05) is 36.8 Å². The SMILES string of the molecule is Cc1cn(CCCCN2C[C@H]3CC3(c3cccc(C(F)(F)F)c3)C2)c(=O)[nH]c1=O. The molecule has 1 aliphatic carbocycles. The molecule has 0 spiro atoms. The second kappa shape index (κ2) is 7.16. The minimum Gasteiger partial charge on any atom is -0.302 e. The number of H-pyrrole nitrogens is 1. The van der Waals surface area contributed by atoms with E-state index < -0.39 is 17.4 Å². The molecule has 2 heterocycles. The average molecular weight is 407 g/mol. The maximum absolute atomic E-state index is 13.0. The standard InChI is InChI=1S/C21H24F3N3O2/c1-14-11-27(19(29)25-18(14)28)8-3-2-7-26-12-17-10-20(17,13-26)15-5-4-6-16(9-15)21(22,23)24/h4-6,9,11,17H,2-3,7-8,10,12-13H2,1H3,(H,25,28,29)/t17-,20?/m1/s1. The van der Waals surface area contributed by atoms with Gasteiger partial charge in [0.15, 0.2) is 0 Å². The monoisotopic (exact) mass is 407 g/mol. The number of fused-ring (bicyclic) bond motifs is 1. The second-order valence-electron chi connectivity index (χ2n) is 8.34. The van der Waals surface area contributed by atoms with E-state index in [0.717, 1.165) is 50.5 Å². The van der Waals surface area contributed by atoms with Crippen molar-refractivity contribution in [3.63, 3.8) is 0 Å². The summed E-state index contributed by atoms with van der Waals surface area (Å²) in [6.07, 6.45) is -0.0989. The van der Waals surface area contributed by atoms with Crippen LogP contribution in [0, 0.1) is 12.8 Å². The Kier molecular flexibility index (Phi) is 4.93. The van der Waals surface area contributed by atoms with Crippen LogP contribution in [0.2, 0.25) is 0 Å². The number of alkyl halides is 3. The van der Waals surface area contributed by atoms with Gasteiger partial charge in [0.25, 0.3) is 5.56 Å². The van der Waals surface area contributed by atoms with Crippen molar-refractivity contribution >= 4 is 0 Å². The summed E-state index contributed by atoms with van der Waals surface area (Å²) in [6.45, 7) is 4.75. The number of likely N-dealkylation sites (tertiary alicyclic amines) is 1. The first-order valence-electron chi connectivity index (χ1n) is 9.89. The number of halogens is 3. The Labute approximate surface area is 166 Å². The molecular formula is C21H24F3N3O2. The molecule has 2 atom stereocenters. The quantitative estimate of drug-likeness (QED) is 0.750. The number of aryl methyl sites for hydroxylation is 2. The van der Waals surface area contributed by atoms with Crippen LogP contribution >= 0.6 is 0 Å². The van der Waals surface area contributed by atoms with Gasteiger partial charge >= 0.3 is 11.9 Å². The van der Waals surface area contributed by atoms with Crippen molar-refractivity contribution in [2.45, 2.75) is 44.3 Å². The van der Waals surface area contributed by atoms with Crippen molar-refractivity contribution in [2.24, 2.45) is 5.92 Å². The Balaban J connectivity index is 1.32. The van der Waals surface area contributed by atoms with E-state index in [0.29, 0.717) is 18.0 Å². The third-order valence-corrected chi connectivity index (χ3v) is 6.29. The number of piperidine rings is 1. The van der Waals surface area contributed by atoms with Crippen molar-refractivity contribution in [3.05, 3.63) is 68.0 Å². The molecule has 1 aromatic carbocycles. The third-order valence-electron chi connectivity index (χ3n) is 6.29. The summed E-state index contributed by atoms with van der Waals surface area (Å²) in [5.74, 6) is 0.426. The molecule has 1 aromatic heterocycles. The molecule has 2 fully saturated rings. The number of benzene rings is 1. The summed E-state index contributed by atoms with van der Waals surface area (Å²) in [6, 6.07) is 5.78. The van der Waals surface area contributed by atoms with Gasteiger partial charge in [-0.3, -0.25) is 9.78 Å². The molecule has 2 aliphatic rings. The number of unbranched alkanes of at least 4 members (excludes halogenated alkanes) is 1. The maximum atomic E-state index is 13.0. The van der Waals surface area contributed by atoms with E-state index in [9.17, 15) is 22.8 Å². The van der Waals surface area contributed by atoms with Crippen LogP contribution in [0.5, 0.6) is 0 Å². The van der Waals surface area contributed by atoms with E-state index in [1.807, 2.05) is 6.07 Å². The molecule has 2 aromatic rings. The van der Waals surface area contributed by atoms with Crippen LogP contribution in [-0.4, -0.2) is 34.1 Å². The lowest BCUT2D eigenvalue weighted by atomic mass is 9.93. The van der Waals surface area contributed by atoms with Gasteiger partial charge in [0.05, 0.1) is 5.56 Å². The van der Waals surface area contributed by atoms with Gasteiger partial charge in [-0.25, -0.2) is 4.79 Å². The predicted octanol–water partition coefficient (Wildman–Crippen LogP) is 2.92. The van der Waals surface area contributed by atoms with E-state index >= 15 is 0 Å². The first kappa shape index (κ1) is 19.9. The van der Waals surface area contributed by atoms with Gasteiger partial charge in [0.2, 0.25) is 0 Å². The van der Waals surface area contributed by atoms with E-state index in [1.165, 1.54) is 16.7 Å². The normalized spacial score (nSPS) is 23.9. The minimum atomic E-state index is -4.31. The molecule has 156 valence electrons. The fraction of sp³-hybridized carbons (Fsp3) is 0.524.